The summed E-state index contributed by atoms with van der Waals surface area (Å²) < 4.78 is 0. The van der Waals surface area contributed by atoms with Crippen LogP contribution in [0.2, 0.25) is 0 Å². The summed E-state index contributed by atoms with van der Waals surface area (Å²) in [5.41, 5.74) is 1.23. The van der Waals surface area contributed by atoms with Gasteiger partial charge >= 0.3 is 6.03 Å². The van der Waals surface area contributed by atoms with Crippen LogP contribution in [0, 0.1) is 0 Å². The van der Waals surface area contributed by atoms with E-state index in [0.717, 1.165) is 19.3 Å². The van der Waals surface area contributed by atoms with Gasteiger partial charge in [-0.25, -0.2) is 4.79 Å². The molecule has 1 aromatic rings. The van der Waals surface area contributed by atoms with Crippen LogP contribution in [0.15, 0.2) is 30.3 Å². The Labute approximate surface area is 218 Å². The molecule has 202 valence electrons. The minimum absolute atomic E-state index is 0.0366. The van der Waals surface area contributed by atoms with Crippen molar-refractivity contribution in [2.75, 3.05) is 27.2 Å². The highest BCUT2D eigenvalue weighted by atomic mass is 16.2. The van der Waals surface area contributed by atoms with Crippen molar-refractivity contribution in [2.45, 2.75) is 81.6 Å². The third-order valence-corrected chi connectivity index (χ3v) is 8.21. The molecule has 1 aliphatic carbocycles. The lowest BCUT2D eigenvalue weighted by Crippen LogP contribution is -2.63. The lowest BCUT2D eigenvalue weighted by atomic mass is 9.94. The summed E-state index contributed by atoms with van der Waals surface area (Å²) in [5, 5.41) is 11.6. The second kappa shape index (κ2) is 11.9. The minimum Gasteiger partial charge on any atom is -0.351 e. The third kappa shape index (κ3) is 5.89. The maximum atomic E-state index is 13.9. The number of carbonyl (C=O) groups excluding carboxylic acids is 4. The number of hydrogen-bond donors (Lipinski definition) is 4. The number of likely N-dealkylation sites (N-methyl/N-ethyl adjacent to an activating group) is 1. The highest BCUT2D eigenvalue weighted by molar-refractivity contribution is 5.94. The third-order valence-electron chi connectivity index (χ3n) is 8.21. The standard InChI is InChI=1S/C27H40N6O4/c1-17(28-2)24(34)31-22-16-32(27(37)29-3)15-14-19-12-13-23(33(19)26(22)36)25(35)30-21-11-7-10-20(21)18-8-5-4-6-9-18/h4-6,8-9,17,19-23,28H,7,10-16H2,1-3H3,(H,29,37)(H,30,35)(H,31,34)/t17-,19+,20-,21-,22-,23-/m0/s1. The molecule has 0 aromatic heterocycles. The fourth-order valence-corrected chi connectivity index (χ4v) is 6.02. The lowest BCUT2D eigenvalue weighted by molar-refractivity contribution is -0.145. The van der Waals surface area contributed by atoms with Gasteiger partial charge in [-0.15, -0.1) is 0 Å². The van der Waals surface area contributed by atoms with Crippen LogP contribution in [0.5, 0.6) is 0 Å². The van der Waals surface area contributed by atoms with E-state index < -0.39 is 18.1 Å². The Morgan fingerprint density at radius 3 is 2.43 bits per heavy atom. The van der Waals surface area contributed by atoms with E-state index in [-0.39, 0.29) is 48.3 Å². The number of fused-ring (bicyclic) bond motifs is 1. The van der Waals surface area contributed by atoms with Crippen molar-refractivity contribution in [2.24, 2.45) is 0 Å². The van der Waals surface area contributed by atoms with Gasteiger partial charge in [0.2, 0.25) is 17.7 Å². The van der Waals surface area contributed by atoms with Crippen LogP contribution in [0.1, 0.15) is 56.9 Å². The van der Waals surface area contributed by atoms with Gasteiger partial charge in [0.1, 0.15) is 12.1 Å². The van der Waals surface area contributed by atoms with Crippen molar-refractivity contribution in [1.29, 1.82) is 0 Å². The Morgan fingerprint density at radius 1 is 0.973 bits per heavy atom. The topological polar surface area (TPSA) is 123 Å². The van der Waals surface area contributed by atoms with Gasteiger partial charge in [-0.1, -0.05) is 36.8 Å². The van der Waals surface area contributed by atoms with Crippen molar-refractivity contribution >= 4 is 23.8 Å². The van der Waals surface area contributed by atoms with Gasteiger partial charge in [-0.05, 0) is 51.6 Å². The van der Waals surface area contributed by atoms with E-state index in [1.54, 1.807) is 30.8 Å². The molecule has 6 atom stereocenters. The molecule has 1 aromatic carbocycles. The highest BCUT2D eigenvalue weighted by Crippen LogP contribution is 2.35. The minimum atomic E-state index is -0.930. The number of nitrogens with zero attached hydrogens (tertiary/aromatic N) is 2. The molecule has 0 bridgehead atoms. The normalized spacial score (nSPS) is 28.6. The fourth-order valence-electron chi connectivity index (χ4n) is 6.02. The number of rotatable bonds is 6. The average Bonchev–Trinajstić information content (AvgIpc) is 3.55. The fraction of sp³-hybridized carbons (Fsp3) is 0.630. The first kappa shape index (κ1) is 26.9. The van der Waals surface area contributed by atoms with Crippen molar-refractivity contribution in [3.05, 3.63) is 35.9 Å². The molecule has 2 heterocycles. The van der Waals surface area contributed by atoms with Crippen molar-refractivity contribution in [3.8, 4) is 0 Å². The molecule has 0 unspecified atom stereocenters. The molecule has 37 heavy (non-hydrogen) atoms. The molecule has 10 heteroatoms. The first-order valence-corrected chi connectivity index (χ1v) is 13.5. The van der Waals surface area contributed by atoms with Crippen LogP contribution in [0.25, 0.3) is 0 Å². The van der Waals surface area contributed by atoms with E-state index >= 15 is 0 Å². The molecular weight excluding hydrogens is 472 g/mol. The maximum Gasteiger partial charge on any atom is 0.317 e. The number of carbonyl (C=O) groups is 4. The smallest absolute Gasteiger partial charge is 0.317 e. The van der Waals surface area contributed by atoms with E-state index in [4.69, 9.17) is 0 Å². The summed E-state index contributed by atoms with van der Waals surface area (Å²) in [4.78, 5) is 55.9. The molecular formula is C27H40N6O4. The number of amides is 5. The molecule has 0 radical (unpaired) electrons. The van der Waals surface area contributed by atoms with E-state index in [1.807, 2.05) is 18.2 Å². The summed E-state index contributed by atoms with van der Waals surface area (Å²) in [5.74, 6) is -0.492. The van der Waals surface area contributed by atoms with Crippen molar-refractivity contribution < 1.29 is 19.2 Å². The molecule has 2 aliphatic heterocycles. The van der Waals surface area contributed by atoms with Gasteiger partial charge in [0.25, 0.3) is 0 Å². The van der Waals surface area contributed by atoms with E-state index in [0.29, 0.717) is 25.8 Å². The van der Waals surface area contributed by atoms with Crippen LogP contribution in [0.4, 0.5) is 4.79 Å². The Bertz CT molecular complexity index is 988. The molecule has 10 nitrogen and oxygen atoms in total. The molecule has 1 saturated carbocycles. The maximum absolute atomic E-state index is 13.9. The number of nitrogens with one attached hydrogen (secondary N) is 4. The van der Waals surface area contributed by atoms with Gasteiger partial charge in [-0.3, -0.25) is 14.4 Å². The monoisotopic (exact) mass is 512 g/mol. The first-order chi connectivity index (χ1) is 17.8. The van der Waals surface area contributed by atoms with Gasteiger partial charge < -0.3 is 31.1 Å². The summed E-state index contributed by atoms with van der Waals surface area (Å²) in [6, 6.07) is 7.84. The Balaban J connectivity index is 1.52. The van der Waals surface area contributed by atoms with E-state index in [1.165, 1.54) is 5.56 Å². The molecule has 3 fully saturated rings. The van der Waals surface area contributed by atoms with Crippen molar-refractivity contribution in [1.82, 2.24) is 31.1 Å². The molecule has 4 N–H and O–H groups in total. The van der Waals surface area contributed by atoms with E-state index in [9.17, 15) is 19.2 Å². The zero-order chi connectivity index (χ0) is 26.5. The zero-order valence-corrected chi connectivity index (χ0v) is 22.0. The highest BCUT2D eigenvalue weighted by Gasteiger charge is 2.46. The molecule has 4 rings (SSSR count). The van der Waals surface area contributed by atoms with E-state index in [2.05, 4.69) is 33.4 Å². The summed E-state index contributed by atoms with van der Waals surface area (Å²) in [6.45, 7) is 2.20. The number of urea groups is 1. The van der Waals surface area contributed by atoms with Gasteiger partial charge in [0, 0.05) is 31.6 Å². The largest absolute Gasteiger partial charge is 0.351 e. The second-order valence-electron chi connectivity index (χ2n) is 10.4. The number of hydrogen-bond acceptors (Lipinski definition) is 5. The Kier molecular flexibility index (Phi) is 8.68. The van der Waals surface area contributed by atoms with Crippen LogP contribution < -0.4 is 21.3 Å². The van der Waals surface area contributed by atoms with Gasteiger partial charge in [0.05, 0.1) is 12.6 Å². The summed E-state index contributed by atoms with van der Waals surface area (Å²) >= 11 is 0. The quantitative estimate of drug-likeness (QED) is 0.452. The van der Waals surface area contributed by atoms with Crippen LogP contribution in [-0.4, -0.2) is 90.9 Å². The molecule has 5 amide bonds. The van der Waals surface area contributed by atoms with Gasteiger partial charge in [-0.2, -0.15) is 0 Å². The van der Waals surface area contributed by atoms with Crippen LogP contribution >= 0.6 is 0 Å². The second-order valence-corrected chi connectivity index (χ2v) is 10.4. The molecule has 2 saturated heterocycles. The predicted octanol–water partition coefficient (Wildman–Crippen LogP) is 0.936. The lowest BCUT2D eigenvalue weighted by Gasteiger charge is -2.39. The summed E-state index contributed by atoms with van der Waals surface area (Å²) in [6.07, 6.45) is 4.83. The average molecular weight is 513 g/mol. The number of benzene rings is 1. The van der Waals surface area contributed by atoms with Gasteiger partial charge in [0.15, 0.2) is 0 Å². The SMILES string of the molecule is CNC(=O)N1CC[C@H]2CC[C@@H](C(=O)N[C@H]3CCC[C@H]3c3ccccc3)N2C(=O)[C@@H](NC(=O)[C@H](C)NC)C1. The van der Waals surface area contributed by atoms with Crippen LogP contribution in [0.3, 0.4) is 0 Å². The molecule has 3 aliphatic rings. The first-order valence-electron chi connectivity index (χ1n) is 13.5. The summed E-state index contributed by atoms with van der Waals surface area (Å²) in [7, 11) is 3.22. The Morgan fingerprint density at radius 2 is 1.73 bits per heavy atom. The zero-order valence-electron chi connectivity index (χ0n) is 22.0. The Hall–Kier alpha value is -3.14. The predicted molar refractivity (Wildman–Crippen MR) is 140 cm³/mol. The van der Waals surface area contributed by atoms with Crippen LogP contribution in [-0.2, 0) is 14.4 Å². The molecule has 0 spiro atoms. The van der Waals surface area contributed by atoms with Crippen molar-refractivity contribution in [3.63, 3.8) is 0 Å².